The summed E-state index contributed by atoms with van der Waals surface area (Å²) in [5.74, 6) is -1.53. The minimum Gasteiger partial charge on any atom is -0.507 e. The molecule has 0 radical (unpaired) electrons. The quantitative estimate of drug-likeness (QED) is 0.448. The Morgan fingerprint density at radius 2 is 2.04 bits per heavy atom. The fraction of sp³-hybridized carbons (Fsp3) is 0.400. The van der Waals surface area contributed by atoms with E-state index >= 15 is 0 Å². The number of hydrogen-bond donors (Lipinski definition) is 2. The van der Waals surface area contributed by atoms with Crippen molar-refractivity contribution in [3.8, 4) is 0 Å². The second kappa shape index (κ2) is 7.93. The molecule has 8 nitrogen and oxygen atoms in total. The lowest BCUT2D eigenvalue weighted by atomic mass is 9.97. The van der Waals surface area contributed by atoms with E-state index in [-0.39, 0.29) is 11.3 Å². The standard InChI is InChI=1S/C20H25N5O3/c1-12-15(13(2)23-22-12)18(26)16-17(14-8-5-6-9-21-14)25(20(28)19(16)27)11-7-10-24(3)4/h5-6,8-9,17,26H,7,10-11H2,1-4H3,(H,22,23)/t17-/m1/s1. The van der Waals surface area contributed by atoms with Crippen molar-refractivity contribution in [3.63, 3.8) is 0 Å². The van der Waals surface area contributed by atoms with Gasteiger partial charge in [-0.25, -0.2) is 0 Å². The molecule has 0 saturated carbocycles. The summed E-state index contributed by atoms with van der Waals surface area (Å²) < 4.78 is 0. The molecule has 148 valence electrons. The van der Waals surface area contributed by atoms with Crippen molar-refractivity contribution in [2.75, 3.05) is 27.2 Å². The number of aliphatic hydroxyl groups is 1. The Morgan fingerprint density at radius 1 is 1.29 bits per heavy atom. The molecule has 2 N–H and O–H groups in total. The molecule has 0 aliphatic carbocycles. The lowest BCUT2D eigenvalue weighted by Gasteiger charge is -2.25. The van der Waals surface area contributed by atoms with E-state index in [0.717, 1.165) is 6.54 Å². The van der Waals surface area contributed by atoms with Crippen molar-refractivity contribution in [2.24, 2.45) is 0 Å². The van der Waals surface area contributed by atoms with E-state index in [1.54, 1.807) is 38.2 Å². The summed E-state index contributed by atoms with van der Waals surface area (Å²) in [5, 5.41) is 17.9. The number of aryl methyl sites for hydroxylation is 2. The smallest absolute Gasteiger partial charge is 0.295 e. The van der Waals surface area contributed by atoms with Gasteiger partial charge in [-0.05, 0) is 53.0 Å². The van der Waals surface area contributed by atoms with E-state index in [4.69, 9.17) is 0 Å². The minimum absolute atomic E-state index is 0.0566. The molecule has 2 aromatic heterocycles. The predicted molar refractivity (Wildman–Crippen MR) is 104 cm³/mol. The van der Waals surface area contributed by atoms with Gasteiger partial charge in [-0.3, -0.25) is 19.7 Å². The number of pyridine rings is 1. The van der Waals surface area contributed by atoms with Crippen molar-refractivity contribution >= 4 is 17.4 Å². The number of Topliss-reactive ketones (excluding diaryl/α,β-unsaturated/α-hetero) is 1. The van der Waals surface area contributed by atoms with Gasteiger partial charge in [0.2, 0.25) is 0 Å². The molecule has 8 heteroatoms. The first-order chi connectivity index (χ1) is 13.3. The van der Waals surface area contributed by atoms with Crippen LogP contribution in [0.15, 0.2) is 30.0 Å². The fourth-order valence-electron chi connectivity index (χ4n) is 3.55. The largest absolute Gasteiger partial charge is 0.507 e. The molecule has 1 aliphatic rings. The van der Waals surface area contributed by atoms with E-state index in [2.05, 4.69) is 15.2 Å². The second-order valence-corrected chi connectivity index (χ2v) is 7.21. The third kappa shape index (κ3) is 3.55. The zero-order chi connectivity index (χ0) is 20.4. The number of aliphatic hydroxyl groups excluding tert-OH is 1. The van der Waals surface area contributed by atoms with Gasteiger partial charge in [-0.15, -0.1) is 0 Å². The molecule has 1 saturated heterocycles. The van der Waals surface area contributed by atoms with Crippen LogP contribution in [-0.2, 0) is 9.59 Å². The van der Waals surface area contributed by atoms with E-state index in [9.17, 15) is 14.7 Å². The lowest BCUT2D eigenvalue weighted by Crippen LogP contribution is -2.32. The summed E-state index contributed by atoms with van der Waals surface area (Å²) in [5.41, 5.74) is 2.25. The molecule has 0 spiro atoms. The number of hydrogen-bond acceptors (Lipinski definition) is 6. The number of nitrogens with zero attached hydrogens (tertiary/aromatic N) is 4. The van der Waals surface area contributed by atoms with Gasteiger partial charge in [0.05, 0.1) is 22.5 Å². The molecule has 0 aromatic carbocycles. The van der Waals surface area contributed by atoms with Gasteiger partial charge in [0.1, 0.15) is 11.8 Å². The van der Waals surface area contributed by atoms with Crippen LogP contribution in [0.5, 0.6) is 0 Å². The van der Waals surface area contributed by atoms with Gasteiger partial charge in [-0.1, -0.05) is 6.07 Å². The number of aromatic amines is 1. The average molecular weight is 383 g/mol. The maximum absolute atomic E-state index is 12.9. The van der Waals surface area contributed by atoms with Gasteiger partial charge < -0.3 is 14.9 Å². The van der Waals surface area contributed by atoms with Crippen LogP contribution in [0.1, 0.15) is 35.1 Å². The number of amides is 1. The molecule has 1 aliphatic heterocycles. The Bertz CT molecular complexity index is 898. The minimum atomic E-state index is -0.725. The number of nitrogens with one attached hydrogen (secondary N) is 1. The summed E-state index contributed by atoms with van der Waals surface area (Å²) in [6.45, 7) is 4.67. The van der Waals surface area contributed by atoms with E-state index in [1.165, 1.54) is 4.90 Å². The molecule has 1 fully saturated rings. The average Bonchev–Trinajstić information content (AvgIpc) is 3.12. The summed E-state index contributed by atoms with van der Waals surface area (Å²) in [6, 6.07) is 4.61. The Labute approximate surface area is 163 Å². The van der Waals surface area contributed by atoms with Crippen molar-refractivity contribution in [2.45, 2.75) is 26.3 Å². The zero-order valence-electron chi connectivity index (χ0n) is 16.6. The molecule has 2 aromatic rings. The van der Waals surface area contributed by atoms with Gasteiger partial charge in [0.15, 0.2) is 0 Å². The van der Waals surface area contributed by atoms with Crippen LogP contribution in [0.3, 0.4) is 0 Å². The third-order valence-electron chi connectivity index (χ3n) is 4.88. The third-order valence-corrected chi connectivity index (χ3v) is 4.88. The molecule has 3 rings (SSSR count). The lowest BCUT2D eigenvalue weighted by molar-refractivity contribution is -0.140. The van der Waals surface area contributed by atoms with Crippen LogP contribution < -0.4 is 0 Å². The van der Waals surface area contributed by atoms with Crippen LogP contribution in [0.4, 0.5) is 0 Å². The summed E-state index contributed by atoms with van der Waals surface area (Å²) in [6.07, 6.45) is 2.32. The Morgan fingerprint density at radius 3 is 2.61 bits per heavy atom. The monoisotopic (exact) mass is 383 g/mol. The summed E-state index contributed by atoms with van der Waals surface area (Å²) in [4.78, 5) is 33.5. The van der Waals surface area contributed by atoms with Gasteiger partial charge in [-0.2, -0.15) is 5.10 Å². The number of carbonyl (C=O) groups is 2. The first-order valence-corrected chi connectivity index (χ1v) is 9.19. The highest BCUT2D eigenvalue weighted by Crippen LogP contribution is 2.39. The maximum Gasteiger partial charge on any atom is 0.295 e. The number of carbonyl (C=O) groups excluding carboxylic acids is 2. The van der Waals surface area contributed by atoms with Crippen LogP contribution in [0.2, 0.25) is 0 Å². The SMILES string of the molecule is Cc1n[nH]c(C)c1C(O)=C1C(=O)C(=O)N(CCCN(C)C)[C@@H]1c1ccccn1. The van der Waals surface area contributed by atoms with Gasteiger partial charge in [0.25, 0.3) is 11.7 Å². The second-order valence-electron chi connectivity index (χ2n) is 7.21. The number of ketones is 1. The number of H-pyrrole nitrogens is 1. The maximum atomic E-state index is 12.9. The van der Waals surface area contributed by atoms with E-state index in [0.29, 0.717) is 35.6 Å². The van der Waals surface area contributed by atoms with Crippen molar-refractivity contribution in [1.29, 1.82) is 0 Å². The molecule has 0 bridgehead atoms. The topological polar surface area (TPSA) is 102 Å². The van der Waals surface area contributed by atoms with Crippen molar-refractivity contribution < 1.29 is 14.7 Å². The molecule has 1 amide bonds. The Kier molecular flexibility index (Phi) is 5.60. The molecular formula is C20H25N5O3. The molecule has 0 unspecified atom stereocenters. The number of likely N-dealkylation sites (tertiary alicyclic amines) is 1. The van der Waals surface area contributed by atoms with Crippen LogP contribution >= 0.6 is 0 Å². The summed E-state index contributed by atoms with van der Waals surface area (Å²) >= 11 is 0. The highest BCUT2D eigenvalue weighted by molar-refractivity contribution is 6.46. The molecule has 3 heterocycles. The van der Waals surface area contributed by atoms with Crippen molar-refractivity contribution in [3.05, 3.63) is 52.6 Å². The van der Waals surface area contributed by atoms with Crippen LogP contribution in [0, 0.1) is 13.8 Å². The number of rotatable bonds is 6. The first-order valence-electron chi connectivity index (χ1n) is 9.19. The zero-order valence-corrected chi connectivity index (χ0v) is 16.6. The summed E-state index contributed by atoms with van der Waals surface area (Å²) in [7, 11) is 3.91. The Balaban J connectivity index is 2.10. The molecule has 28 heavy (non-hydrogen) atoms. The normalized spacial score (nSPS) is 19.0. The molecular weight excluding hydrogens is 358 g/mol. The van der Waals surface area contributed by atoms with Crippen LogP contribution in [-0.4, -0.2) is 69.0 Å². The predicted octanol–water partition coefficient (Wildman–Crippen LogP) is 1.79. The highest BCUT2D eigenvalue weighted by Gasteiger charge is 2.46. The Hall–Kier alpha value is -3.00. The fourth-order valence-corrected chi connectivity index (χ4v) is 3.55. The van der Waals surface area contributed by atoms with Gasteiger partial charge >= 0.3 is 0 Å². The van der Waals surface area contributed by atoms with E-state index in [1.807, 2.05) is 19.0 Å². The first kappa shape index (κ1) is 19.8. The van der Waals surface area contributed by atoms with E-state index < -0.39 is 17.7 Å². The molecule has 1 atom stereocenters. The van der Waals surface area contributed by atoms with Crippen LogP contribution in [0.25, 0.3) is 5.76 Å². The van der Waals surface area contributed by atoms with Crippen molar-refractivity contribution in [1.82, 2.24) is 25.0 Å². The van der Waals surface area contributed by atoms with Gasteiger partial charge in [0, 0.05) is 18.4 Å². The number of aromatic nitrogens is 3. The highest BCUT2D eigenvalue weighted by atomic mass is 16.3.